The molecule has 0 aliphatic heterocycles. The van der Waals surface area contributed by atoms with Crippen LogP contribution in [0.4, 0.5) is 0 Å². The highest BCUT2D eigenvalue weighted by Crippen LogP contribution is 1.74. The molecule has 0 saturated carbocycles. The Labute approximate surface area is 45.6 Å². The third kappa shape index (κ3) is 3.82. The van der Waals surface area contributed by atoms with Crippen molar-refractivity contribution in [3.63, 3.8) is 0 Å². The lowest BCUT2D eigenvalue weighted by molar-refractivity contribution is 0.167. The molecule has 0 bridgehead atoms. The van der Waals surface area contributed by atoms with E-state index < -0.39 is 0 Å². The second kappa shape index (κ2) is 4.15. The van der Waals surface area contributed by atoms with Crippen LogP contribution in [-0.4, -0.2) is 34.6 Å². The normalized spacial score (nSPS) is 14.0. The van der Waals surface area contributed by atoms with Crippen LogP contribution in [-0.2, 0) is 4.74 Å². The van der Waals surface area contributed by atoms with Crippen LogP contribution in [0.25, 0.3) is 0 Å². The molecule has 0 aromatic carbocycles. The van der Waals surface area contributed by atoms with Crippen LogP contribution < -0.4 is 5.32 Å². The molecule has 0 aliphatic rings. The minimum Gasteiger partial charge on any atom is -0.390 e. The third-order valence-electron chi connectivity index (χ3n) is 0.708. The van der Waals surface area contributed by atoms with E-state index in [9.17, 15) is 0 Å². The molecule has 0 amide bonds. The molecule has 1 unspecified atom stereocenters. The van der Waals surface area contributed by atoms with Crippen LogP contribution in [0.1, 0.15) is 0 Å². The highest BCUT2D eigenvalue weighted by atomic mass is 16.5. The number of hydrogen-bond acceptors (Lipinski definition) is 2. The van der Waals surface area contributed by atoms with Gasteiger partial charge in [-0.2, -0.15) is 0 Å². The van der Waals surface area contributed by atoms with Crippen LogP contribution in [0.2, 0.25) is 0 Å². The lowest BCUT2D eigenvalue weighted by Gasteiger charge is -2.06. The summed E-state index contributed by atoms with van der Waals surface area (Å²) in [6, 6.07) is -0.162. The number of nitrogens with one attached hydrogen (secondary N) is 1. The van der Waals surface area contributed by atoms with Crippen molar-refractivity contribution in [1.29, 1.82) is 0 Å². The molecule has 40 valence electrons. The van der Waals surface area contributed by atoms with Gasteiger partial charge in [0.2, 0.25) is 0 Å². The molecule has 2 nitrogen and oxygen atoms in total. The van der Waals surface area contributed by atoms with E-state index in [1.165, 1.54) is 0 Å². The molecule has 0 fully saturated rings. The molecule has 0 aromatic rings. The molecule has 7 heavy (non-hydrogen) atoms. The summed E-state index contributed by atoms with van der Waals surface area (Å²) in [4.78, 5) is 0. The van der Waals surface area contributed by atoms with Crippen molar-refractivity contribution in [2.75, 3.05) is 20.7 Å². The number of ether oxygens (including phenoxy) is 1. The van der Waals surface area contributed by atoms with Crippen molar-refractivity contribution in [1.82, 2.24) is 5.32 Å². The van der Waals surface area contributed by atoms with Crippen molar-refractivity contribution in [2.24, 2.45) is 0 Å². The SMILES string of the molecule is [B]C(CNC)OC. The average Bonchev–Trinajstić information content (AvgIpc) is 1.68. The molecule has 0 aromatic heterocycles. The Morgan fingerprint density at radius 2 is 2.43 bits per heavy atom. The standard InChI is InChI=1S/C4H10BNO/c1-6-3-4(5)7-2/h4,6H,3H2,1-2H3. The van der Waals surface area contributed by atoms with Gasteiger partial charge in [0, 0.05) is 19.7 Å². The van der Waals surface area contributed by atoms with E-state index in [4.69, 9.17) is 12.6 Å². The Balaban J connectivity index is 2.83. The van der Waals surface area contributed by atoms with Gasteiger partial charge in [0.1, 0.15) is 7.85 Å². The Hall–Kier alpha value is -0.0151. The smallest absolute Gasteiger partial charge is 0.110 e. The third-order valence-corrected chi connectivity index (χ3v) is 0.708. The summed E-state index contributed by atoms with van der Waals surface area (Å²) >= 11 is 0. The maximum atomic E-state index is 5.30. The zero-order valence-corrected chi connectivity index (χ0v) is 4.77. The first kappa shape index (κ1) is 6.98. The summed E-state index contributed by atoms with van der Waals surface area (Å²) in [5.74, 6) is 0. The molecule has 0 saturated heterocycles. The summed E-state index contributed by atoms with van der Waals surface area (Å²) in [6.07, 6.45) is 0. The molecule has 0 heterocycles. The Morgan fingerprint density at radius 3 is 2.57 bits per heavy atom. The highest BCUT2D eigenvalue weighted by molar-refractivity contribution is 6.11. The summed E-state index contributed by atoms with van der Waals surface area (Å²) < 4.78 is 4.71. The van der Waals surface area contributed by atoms with Gasteiger partial charge >= 0.3 is 0 Å². The van der Waals surface area contributed by atoms with E-state index in [-0.39, 0.29) is 6.00 Å². The number of likely N-dealkylation sites (N-methyl/N-ethyl adjacent to an activating group) is 1. The van der Waals surface area contributed by atoms with Gasteiger partial charge in [-0.1, -0.05) is 0 Å². The zero-order valence-electron chi connectivity index (χ0n) is 4.77. The van der Waals surface area contributed by atoms with Crippen LogP contribution in [0.5, 0.6) is 0 Å². The van der Waals surface area contributed by atoms with Crippen molar-refractivity contribution in [2.45, 2.75) is 6.00 Å². The summed E-state index contributed by atoms with van der Waals surface area (Å²) in [5.41, 5.74) is 0. The molecule has 1 N–H and O–H groups in total. The number of methoxy groups -OCH3 is 1. The fourth-order valence-corrected chi connectivity index (χ4v) is 0.285. The Bertz CT molecular complexity index is 42.7. The monoisotopic (exact) mass is 99.1 g/mol. The van der Waals surface area contributed by atoms with Crippen LogP contribution in [0.3, 0.4) is 0 Å². The van der Waals surface area contributed by atoms with Crippen molar-refractivity contribution in [3.8, 4) is 0 Å². The summed E-state index contributed by atoms with van der Waals surface area (Å²) in [5, 5.41) is 2.87. The molecule has 0 aliphatic carbocycles. The first-order chi connectivity index (χ1) is 3.31. The van der Waals surface area contributed by atoms with Gasteiger partial charge in [-0.05, 0) is 7.05 Å². The van der Waals surface area contributed by atoms with Gasteiger partial charge in [-0.25, -0.2) is 0 Å². The van der Waals surface area contributed by atoms with E-state index in [0.717, 1.165) is 0 Å². The van der Waals surface area contributed by atoms with Crippen LogP contribution >= 0.6 is 0 Å². The van der Waals surface area contributed by atoms with Crippen LogP contribution in [0, 0.1) is 0 Å². The van der Waals surface area contributed by atoms with E-state index in [0.29, 0.717) is 6.54 Å². The van der Waals surface area contributed by atoms with Crippen molar-refractivity contribution >= 4 is 7.85 Å². The van der Waals surface area contributed by atoms with Crippen molar-refractivity contribution < 1.29 is 4.74 Å². The molecule has 3 heteroatoms. The minimum atomic E-state index is -0.162. The number of hydrogen-bond donors (Lipinski definition) is 1. The summed E-state index contributed by atoms with van der Waals surface area (Å²) in [7, 11) is 8.72. The maximum absolute atomic E-state index is 5.30. The fourth-order valence-electron chi connectivity index (χ4n) is 0.285. The van der Waals surface area contributed by atoms with Gasteiger partial charge in [0.25, 0.3) is 0 Å². The summed E-state index contributed by atoms with van der Waals surface area (Å²) in [6.45, 7) is 0.705. The Morgan fingerprint density at radius 1 is 1.86 bits per heavy atom. The second-order valence-electron chi connectivity index (χ2n) is 1.33. The molecule has 2 radical (unpaired) electrons. The lowest BCUT2D eigenvalue weighted by Crippen LogP contribution is -2.25. The highest BCUT2D eigenvalue weighted by Gasteiger charge is 1.91. The van der Waals surface area contributed by atoms with Gasteiger partial charge < -0.3 is 10.1 Å². The van der Waals surface area contributed by atoms with Crippen molar-refractivity contribution in [3.05, 3.63) is 0 Å². The minimum absolute atomic E-state index is 0.162. The Kier molecular flexibility index (Phi) is 4.14. The van der Waals surface area contributed by atoms with E-state index in [2.05, 4.69) is 5.32 Å². The second-order valence-corrected chi connectivity index (χ2v) is 1.33. The molecular weight excluding hydrogens is 88.9 g/mol. The first-order valence-electron chi connectivity index (χ1n) is 2.24. The van der Waals surface area contributed by atoms with Gasteiger partial charge in [0.15, 0.2) is 0 Å². The lowest BCUT2D eigenvalue weighted by atomic mass is 10.0. The first-order valence-corrected chi connectivity index (χ1v) is 2.24. The average molecular weight is 98.9 g/mol. The quantitative estimate of drug-likeness (QED) is 0.474. The number of rotatable bonds is 3. The fraction of sp³-hybridized carbons (Fsp3) is 1.00. The molecule has 0 spiro atoms. The van der Waals surface area contributed by atoms with E-state index >= 15 is 0 Å². The van der Waals surface area contributed by atoms with Gasteiger partial charge in [-0.15, -0.1) is 0 Å². The van der Waals surface area contributed by atoms with E-state index in [1.54, 1.807) is 7.11 Å². The molecular formula is C4H10BNO. The van der Waals surface area contributed by atoms with Gasteiger partial charge in [0.05, 0.1) is 0 Å². The topological polar surface area (TPSA) is 21.3 Å². The maximum Gasteiger partial charge on any atom is 0.110 e. The zero-order chi connectivity index (χ0) is 5.70. The molecule has 1 atom stereocenters. The molecule has 0 rings (SSSR count). The predicted octanol–water partition coefficient (Wildman–Crippen LogP) is -0.653. The predicted molar refractivity (Wildman–Crippen MR) is 30.5 cm³/mol. The van der Waals surface area contributed by atoms with Gasteiger partial charge in [-0.3, -0.25) is 0 Å². The van der Waals surface area contributed by atoms with Crippen LogP contribution in [0.15, 0.2) is 0 Å². The van der Waals surface area contributed by atoms with E-state index in [1.807, 2.05) is 7.05 Å². The largest absolute Gasteiger partial charge is 0.390 e.